The third kappa shape index (κ3) is 4.71. The molecule has 2 heterocycles. The van der Waals surface area contributed by atoms with Gasteiger partial charge < -0.3 is 10.2 Å². The second-order valence-corrected chi connectivity index (χ2v) is 6.68. The van der Waals surface area contributed by atoms with Gasteiger partial charge in [-0.2, -0.15) is 0 Å². The second kappa shape index (κ2) is 8.15. The maximum absolute atomic E-state index is 12.0. The van der Waals surface area contributed by atoms with E-state index in [1.54, 1.807) is 12.4 Å². The van der Waals surface area contributed by atoms with Crippen LogP contribution < -0.4 is 10.2 Å². The lowest BCUT2D eigenvalue weighted by atomic mass is 10.1. The number of carbonyl (C=O) groups is 1. The van der Waals surface area contributed by atoms with Crippen LogP contribution in [0.2, 0.25) is 5.02 Å². The molecule has 1 atom stereocenters. The first-order chi connectivity index (χ1) is 11.7. The van der Waals surface area contributed by atoms with Gasteiger partial charge in [-0.25, -0.2) is 0 Å². The van der Waals surface area contributed by atoms with Gasteiger partial charge in [0.15, 0.2) is 0 Å². The Morgan fingerprint density at radius 3 is 2.92 bits per heavy atom. The van der Waals surface area contributed by atoms with Crippen LogP contribution in [0.15, 0.2) is 48.8 Å². The van der Waals surface area contributed by atoms with Crippen LogP contribution in [0.4, 0.5) is 5.69 Å². The number of amides is 1. The van der Waals surface area contributed by atoms with Crippen LogP contribution in [-0.2, 0) is 11.2 Å². The molecule has 1 amide bonds. The Bertz CT molecular complexity index is 677. The predicted octanol–water partition coefficient (Wildman–Crippen LogP) is 3.31. The summed E-state index contributed by atoms with van der Waals surface area (Å²) in [7, 11) is 0. The summed E-state index contributed by atoms with van der Waals surface area (Å²) in [5.74, 6) is 0.613. The van der Waals surface area contributed by atoms with Crippen LogP contribution in [0.3, 0.4) is 0 Å². The number of benzene rings is 1. The first-order valence-corrected chi connectivity index (χ1v) is 8.74. The smallest absolute Gasteiger partial charge is 0.220 e. The molecule has 1 aromatic carbocycles. The Labute approximate surface area is 147 Å². The van der Waals surface area contributed by atoms with Crippen molar-refractivity contribution < 1.29 is 4.79 Å². The molecule has 0 unspecified atom stereocenters. The molecule has 24 heavy (non-hydrogen) atoms. The van der Waals surface area contributed by atoms with E-state index in [1.807, 2.05) is 30.3 Å². The van der Waals surface area contributed by atoms with E-state index in [0.29, 0.717) is 12.3 Å². The summed E-state index contributed by atoms with van der Waals surface area (Å²) in [5.41, 5.74) is 2.31. The van der Waals surface area contributed by atoms with E-state index in [0.717, 1.165) is 48.7 Å². The molecule has 1 N–H and O–H groups in total. The van der Waals surface area contributed by atoms with E-state index in [2.05, 4.69) is 21.3 Å². The highest BCUT2D eigenvalue weighted by Crippen LogP contribution is 2.25. The average molecular weight is 344 g/mol. The summed E-state index contributed by atoms with van der Waals surface area (Å²) in [6.45, 7) is 2.72. The van der Waals surface area contributed by atoms with Crippen LogP contribution in [0.5, 0.6) is 0 Å². The Morgan fingerprint density at radius 1 is 1.29 bits per heavy atom. The van der Waals surface area contributed by atoms with Gasteiger partial charge in [0.05, 0.1) is 0 Å². The zero-order valence-electron chi connectivity index (χ0n) is 13.6. The third-order valence-corrected chi connectivity index (χ3v) is 4.67. The van der Waals surface area contributed by atoms with E-state index < -0.39 is 0 Å². The number of pyridine rings is 1. The molecule has 1 aliphatic rings. The molecule has 1 aromatic heterocycles. The molecule has 1 aliphatic heterocycles. The lowest BCUT2D eigenvalue weighted by Gasteiger charge is -2.19. The molecule has 2 aromatic rings. The van der Waals surface area contributed by atoms with E-state index >= 15 is 0 Å². The third-order valence-electron chi connectivity index (χ3n) is 4.44. The molecule has 4 nitrogen and oxygen atoms in total. The first kappa shape index (κ1) is 16.8. The Balaban J connectivity index is 1.40. The molecule has 0 aliphatic carbocycles. The van der Waals surface area contributed by atoms with Crippen LogP contribution in [0.1, 0.15) is 18.4 Å². The number of hydrogen-bond donors (Lipinski definition) is 1. The molecule has 1 fully saturated rings. The number of carbonyl (C=O) groups excluding carboxylic acids is 1. The number of halogens is 1. The molecule has 0 bridgehead atoms. The molecule has 0 radical (unpaired) electrons. The first-order valence-electron chi connectivity index (χ1n) is 8.37. The number of hydrogen-bond acceptors (Lipinski definition) is 3. The molecule has 0 spiro atoms. The minimum atomic E-state index is 0.119. The largest absolute Gasteiger partial charge is 0.371 e. The number of nitrogens with zero attached hydrogens (tertiary/aromatic N) is 2. The average Bonchev–Trinajstić information content (AvgIpc) is 3.08. The van der Waals surface area contributed by atoms with Crippen molar-refractivity contribution >= 4 is 23.2 Å². The van der Waals surface area contributed by atoms with Crippen LogP contribution >= 0.6 is 11.6 Å². The van der Waals surface area contributed by atoms with Crippen LogP contribution in [0.25, 0.3) is 0 Å². The van der Waals surface area contributed by atoms with Gasteiger partial charge in [-0.05, 0) is 54.7 Å². The summed E-state index contributed by atoms with van der Waals surface area (Å²) in [6.07, 6.45) is 5.89. The fourth-order valence-electron chi connectivity index (χ4n) is 3.06. The quantitative estimate of drug-likeness (QED) is 0.875. The van der Waals surface area contributed by atoms with E-state index in [-0.39, 0.29) is 5.91 Å². The van der Waals surface area contributed by atoms with Crippen molar-refractivity contribution in [1.82, 2.24) is 10.3 Å². The highest BCUT2D eigenvalue weighted by atomic mass is 35.5. The van der Waals surface area contributed by atoms with Gasteiger partial charge in [0, 0.05) is 49.2 Å². The zero-order valence-corrected chi connectivity index (χ0v) is 14.4. The topological polar surface area (TPSA) is 45.2 Å². The van der Waals surface area contributed by atoms with Gasteiger partial charge in [-0.1, -0.05) is 17.7 Å². The molecule has 0 saturated carbocycles. The fraction of sp³-hybridized carbons (Fsp3) is 0.368. The minimum Gasteiger partial charge on any atom is -0.371 e. The van der Waals surface area contributed by atoms with Crippen molar-refractivity contribution in [3.63, 3.8) is 0 Å². The lowest BCUT2D eigenvalue weighted by Crippen LogP contribution is -2.31. The van der Waals surface area contributed by atoms with E-state index in [1.165, 1.54) is 0 Å². The summed E-state index contributed by atoms with van der Waals surface area (Å²) in [5, 5.41) is 3.84. The highest BCUT2D eigenvalue weighted by molar-refractivity contribution is 6.30. The van der Waals surface area contributed by atoms with Crippen LogP contribution in [0, 0.1) is 5.92 Å². The molecule has 3 rings (SSSR count). The van der Waals surface area contributed by atoms with Crippen molar-refractivity contribution in [1.29, 1.82) is 0 Å². The maximum atomic E-state index is 12.0. The molecular formula is C19H22ClN3O. The maximum Gasteiger partial charge on any atom is 0.220 e. The standard InChI is InChI=1S/C19H22ClN3O/c20-17-2-1-3-18(12-17)23-11-8-16(14-23)13-22-19(24)5-4-15-6-9-21-10-7-15/h1-3,6-7,9-10,12,16H,4-5,8,11,13-14H2,(H,22,24)/t16-/m1/s1. The number of aryl methyl sites for hydroxylation is 1. The van der Waals surface area contributed by atoms with Crippen molar-refractivity contribution in [2.45, 2.75) is 19.3 Å². The number of anilines is 1. The van der Waals surface area contributed by atoms with Gasteiger partial charge in [-0.3, -0.25) is 9.78 Å². The Kier molecular flexibility index (Phi) is 5.70. The van der Waals surface area contributed by atoms with E-state index in [9.17, 15) is 4.79 Å². The monoisotopic (exact) mass is 343 g/mol. The number of rotatable bonds is 6. The minimum absolute atomic E-state index is 0.119. The normalized spacial score (nSPS) is 17.0. The summed E-state index contributed by atoms with van der Waals surface area (Å²) in [4.78, 5) is 18.3. The SMILES string of the molecule is O=C(CCc1ccncc1)NC[C@H]1CCN(c2cccc(Cl)c2)C1. The lowest BCUT2D eigenvalue weighted by molar-refractivity contribution is -0.121. The second-order valence-electron chi connectivity index (χ2n) is 6.24. The fourth-order valence-corrected chi connectivity index (χ4v) is 3.25. The van der Waals surface area contributed by atoms with Crippen molar-refractivity contribution in [2.75, 3.05) is 24.5 Å². The molecular weight excluding hydrogens is 322 g/mol. The highest BCUT2D eigenvalue weighted by Gasteiger charge is 2.23. The van der Waals surface area contributed by atoms with Crippen molar-refractivity contribution in [2.24, 2.45) is 5.92 Å². The molecule has 1 saturated heterocycles. The predicted molar refractivity (Wildman–Crippen MR) is 97.3 cm³/mol. The van der Waals surface area contributed by atoms with E-state index in [4.69, 9.17) is 11.6 Å². The summed E-state index contributed by atoms with van der Waals surface area (Å²) < 4.78 is 0. The number of aromatic nitrogens is 1. The van der Waals surface area contributed by atoms with Gasteiger partial charge in [-0.15, -0.1) is 0 Å². The Hall–Kier alpha value is -2.07. The zero-order chi connectivity index (χ0) is 16.8. The van der Waals surface area contributed by atoms with Gasteiger partial charge in [0.2, 0.25) is 5.91 Å². The van der Waals surface area contributed by atoms with Crippen molar-refractivity contribution in [3.8, 4) is 0 Å². The molecule has 5 heteroatoms. The van der Waals surface area contributed by atoms with Gasteiger partial charge >= 0.3 is 0 Å². The van der Waals surface area contributed by atoms with Crippen molar-refractivity contribution in [3.05, 3.63) is 59.4 Å². The van der Waals surface area contributed by atoms with Gasteiger partial charge in [0.1, 0.15) is 0 Å². The van der Waals surface area contributed by atoms with Crippen LogP contribution in [-0.4, -0.2) is 30.5 Å². The summed E-state index contributed by atoms with van der Waals surface area (Å²) in [6, 6.07) is 11.9. The van der Waals surface area contributed by atoms with Gasteiger partial charge in [0.25, 0.3) is 0 Å². The molecule has 126 valence electrons. The Morgan fingerprint density at radius 2 is 2.12 bits per heavy atom. The summed E-state index contributed by atoms with van der Waals surface area (Å²) >= 11 is 6.06. The number of nitrogens with one attached hydrogen (secondary N) is 1.